The highest BCUT2D eigenvalue weighted by Gasteiger charge is 2.12. The lowest BCUT2D eigenvalue weighted by molar-refractivity contribution is 0.458. The molecule has 1 N–H and O–H groups in total. The average molecular weight is 315 g/mol. The topological polar surface area (TPSA) is 25.2 Å². The van der Waals surface area contributed by atoms with Gasteiger partial charge in [-0.2, -0.15) is 0 Å². The Morgan fingerprint density at radius 3 is 2.76 bits per heavy atom. The lowest BCUT2D eigenvalue weighted by Crippen LogP contribution is -2.10. The molecule has 17 heavy (non-hydrogen) atoms. The van der Waals surface area contributed by atoms with Gasteiger partial charge in [0.1, 0.15) is 11.5 Å². The highest BCUT2D eigenvalue weighted by molar-refractivity contribution is 9.10. The van der Waals surface area contributed by atoms with Crippen LogP contribution in [0.4, 0.5) is 0 Å². The van der Waals surface area contributed by atoms with Crippen molar-refractivity contribution in [3.8, 4) is 11.3 Å². The molecule has 2 aromatic rings. The highest BCUT2D eigenvalue weighted by atomic mass is 79.9. The summed E-state index contributed by atoms with van der Waals surface area (Å²) in [6.45, 7) is 2.05. The van der Waals surface area contributed by atoms with Gasteiger partial charge in [-0.15, -0.1) is 0 Å². The number of rotatable bonds is 3. The smallest absolute Gasteiger partial charge is 0.135 e. The number of halogens is 2. The van der Waals surface area contributed by atoms with Crippen molar-refractivity contribution < 1.29 is 4.42 Å². The normalized spacial score (nSPS) is 12.7. The van der Waals surface area contributed by atoms with Gasteiger partial charge in [-0.05, 0) is 44.3 Å². The Hall–Kier alpha value is -0.770. The quantitative estimate of drug-likeness (QED) is 0.892. The van der Waals surface area contributed by atoms with Crippen LogP contribution in [-0.4, -0.2) is 7.05 Å². The Labute approximate surface area is 114 Å². The minimum absolute atomic E-state index is 0.190. The van der Waals surface area contributed by atoms with E-state index in [4.69, 9.17) is 16.0 Å². The molecule has 1 unspecified atom stereocenters. The van der Waals surface area contributed by atoms with Crippen molar-refractivity contribution in [2.75, 3.05) is 7.05 Å². The summed E-state index contributed by atoms with van der Waals surface area (Å²) in [5, 5.41) is 3.82. The Bertz CT molecular complexity index is 524. The summed E-state index contributed by atoms with van der Waals surface area (Å²) < 4.78 is 6.77. The largest absolute Gasteiger partial charge is 0.459 e. The number of furan rings is 1. The van der Waals surface area contributed by atoms with Crippen molar-refractivity contribution in [1.82, 2.24) is 5.32 Å². The fraction of sp³-hybridized carbons (Fsp3) is 0.231. The van der Waals surface area contributed by atoms with E-state index in [1.807, 2.05) is 44.3 Å². The second-order valence-corrected chi connectivity index (χ2v) is 5.16. The van der Waals surface area contributed by atoms with Gasteiger partial charge in [0, 0.05) is 10.0 Å². The molecule has 0 bridgehead atoms. The molecule has 0 radical (unpaired) electrons. The number of hydrogen-bond donors (Lipinski definition) is 1. The Kier molecular flexibility index (Phi) is 3.92. The van der Waals surface area contributed by atoms with Crippen LogP contribution in [0.15, 0.2) is 39.2 Å². The maximum atomic E-state index is 6.16. The third kappa shape index (κ3) is 2.73. The monoisotopic (exact) mass is 313 g/mol. The lowest BCUT2D eigenvalue weighted by Gasteiger charge is -2.06. The molecule has 0 saturated heterocycles. The molecule has 0 saturated carbocycles. The van der Waals surface area contributed by atoms with Gasteiger partial charge in [0.15, 0.2) is 0 Å². The van der Waals surface area contributed by atoms with Crippen LogP contribution in [0.5, 0.6) is 0 Å². The molecule has 90 valence electrons. The zero-order chi connectivity index (χ0) is 12.4. The molecule has 1 atom stereocenters. The van der Waals surface area contributed by atoms with E-state index in [1.54, 1.807) is 0 Å². The van der Waals surface area contributed by atoms with Crippen LogP contribution < -0.4 is 5.32 Å². The first kappa shape index (κ1) is 12.7. The maximum absolute atomic E-state index is 6.16. The first-order valence-electron chi connectivity index (χ1n) is 5.34. The summed E-state index contributed by atoms with van der Waals surface area (Å²) in [6, 6.07) is 9.81. The number of hydrogen-bond acceptors (Lipinski definition) is 2. The fourth-order valence-corrected chi connectivity index (χ4v) is 2.13. The molecule has 0 fully saturated rings. The molecule has 0 aliphatic rings. The van der Waals surface area contributed by atoms with Crippen LogP contribution in [-0.2, 0) is 0 Å². The second kappa shape index (κ2) is 5.25. The van der Waals surface area contributed by atoms with E-state index < -0.39 is 0 Å². The first-order valence-corrected chi connectivity index (χ1v) is 6.51. The third-order valence-corrected chi connectivity index (χ3v) is 3.50. The summed E-state index contributed by atoms with van der Waals surface area (Å²) in [6.07, 6.45) is 0. The van der Waals surface area contributed by atoms with Crippen LogP contribution in [0.25, 0.3) is 11.3 Å². The molecule has 0 aliphatic heterocycles. The van der Waals surface area contributed by atoms with Crippen molar-refractivity contribution in [2.24, 2.45) is 0 Å². The molecule has 1 aromatic carbocycles. The molecule has 2 rings (SSSR count). The maximum Gasteiger partial charge on any atom is 0.135 e. The van der Waals surface area contributed by atoms with E-state index >= 15 is 0 Å². The van der Waals surface area contributed by atoms with Gasteiger partial charge >= 0.3 is 0 Å². The van der Waals surface area contributed by atoms with E-state index in [2.05, 4.69) is 21.2 Å². The van der Waals surface area contributed by atoms with E-state index in [0.717, 1.165) is 21.6 Å². The molecule has 2 nitrogen and oxygen atoms in total. The third-order valence-electron chi connectivity index (χ3n) is 2.68. The summed E-state index contributed by atoms with van der Waals surface area (Å²) in [4.78, 5) is 0. The van der Waals surface area contributed by atoms with Crippen molar-refractivity contribution in [3.05, 3.63) is 45.6 Å². The Morgan fingerprint density at radius 2 is 2.06 bits per heavy atom. The van der Waals surface area contributed by atoms with Crippen molar-refractivity contribution >= 4 is 27.5 Å². The predicted octanol–water partition coefficient (Wildman–Crippen LogP) is 4.64. The van der Waals surface area contributed by atoms with Gasteiger partial charge in [-0.3, -0.25) is 0 Å². The van der Waals surface area contributed by atoms with Crippen LogP contribution in [0, 0.1) is 0 Å². The second-order valence-electron chi connectivity index (χ2n) is 3.84. The lowest BCUT2D eigenvalue weighted by atomic mass is 10.2. The van der Waals surface area contributed by atoms with E-state index in [9.17, 15) is 0 Å². The number of nitrogens with one attached hydrogen (secondary N) is 1. The molecule has 0 aliphatic carbocycles. The average Bonchev–Trinajstić information content (AvgIpc) is 2.80. The summed E-state index contributed by atoms with van der Waals surface area (Å²) >= 11 is 9.59. The van der Waals surface area contributed by atoms with Gasteiger partial charge in [0.05, 0.1) is 11.1 Å². The highest BCUT2D eigenvalue weighted by Crippen LogP contribution is 2.32. The van der Waals surface area contributed by atoms with Crippen molar-refractivity contribution in [3.63, 3.8) is 0 Å². The molecule has 1 heterocycles. The molecular formula is C13H13BrClNO. The predicted molar refractivity (Wildman–Crippen MR) is 74.3 cm³/mol. The minimum Gasteiger partial charge on any atom is -0.459 e. The van der Waals surface area contributed by atoms with Gasteiger partial charge < -0.3 is 9.73 Å². The summed E-state index contributed by atoms with van der Waals surface area (Å²) in [5.41, 5.74) is 0.899. The van der Waals surface area contributed by atoms with Crippen molar-refractivity contribution in [2.45, 2.75) is 13.0 Å². The van der Waals surface area contributed by atoms with Crippen LogP contribution in [0.1, 0.15) is 18.7 Å². The summed E-state index contributed by atoms with van der Waals surface area (Å²) in [7, 11) is 1.90. The zero-order valence-corrected chi connectivity index (χ0v) is 12.0. The van der Waals surface area contributed by atoms with Crippen molar-refractivity contribution in [1.29, 1.82) is 0 Å². The SMILES string of the molecule is CNC(C)c1ccc(-c2cc(Br)ccc2Cl)o1. The van der Waals surface area contributed by atoms with Gasteiger partial charge in [0.25, 0.3) is 0 Å². The minimum atomic E-state index is 0.190. The van der Waals surface area contributed by atoms with Gasteiger partial charge in [-0.1, -0.05) is 27.5 Å². The van der Waals surface area contributed by atoms with Gasteiger partial charge in [-0.25, -0.2) is 0 Å². The summed E-state index contributed by atoms with van der Waals surface area (Å²) in [5.74, 6) is 1.69. The Morgan fingerprint density at radius 1 is 1.29 bits per heavy atom. The molecule has 0 spiro atoms. The van der Waals surface area contributed by atoms with E-state index in [1.165, 1.54) is 0 Å². The number of benzene rings is 1. The standard InChI is InChI=1S/C13H13BrClNO/c1-8(16-2)12-5-6-13(17-12)10-7-9(14)3-4-11(10)15/h3-8,16H,1-2H3. The molecule has 4 heteroatoms. The van der Waals surface area contributed by atoms with E-state index in [-0.39, 0.29) is 6.04 Å². The zero-order valence-electron chi connectivity index (χ0n) is 9.63. The fourth-order valence-electron chi connectivity index (χ4n) is 1.56. The molecule has 0 amide bonds. The first-order chi connectivity index (χ1) is 8.11. The molecular weight excluding hydrogens is 302 g/mol. The van der Waals surface area contributed by atoms with Gasteiger partial charge in [0.2, 0.25) is 0 Å². The molecule has 1 aromatic heterocycles. The van der Waals surface area contributed by atoms with Crippen LogP contribution in [0.3, 0.4) is 0 Å². The van der Waals surface area contributed by atoms with Crippen LogP contribution in [0.2, 0.25) is 5.02 Å². The Balaban J connectivity index is 2.40. The van der Waals surface area contributed by atoms with E-state index in [0.29, 0.717) is 5.02 Å². The van der Waals surface area contributed by atoms with Crippen LogP contribution >= 0.6 is 27.5 Å².